The summed E-state index contributed by atoms with van der Waals surface area (Å²) in [5.41, 5.74) is 2.03. The summed E-state index contributed by atoms with van der Waals surface area (Å²) in [5.74, 6) is 0.0302. The van der Waals surface area contributed by atoms with E-state index in [0.29, 0.717) is 17.6 Å². The number of carbonyl (C=O) groups is 1. The maximum Gasteiger partial charge on any atom is 0.234 e. The van der Waals surface area contributed by atoms with E-state index < -0.39 is 0 Å². The van der Waals surface area contributed by atoms with Crippen molar-refractivity contribution in [3.8, 4) is 0 Å². The Bertz CT molecular complexity index is 711. The first-order chi connectivity index (χ1) is 12.1. The molecule has 6 heteroatoms. The highest BCUT2D eigenvalue weighted by Gasteiger charge is 2.23. The summed E-state index contributed by atoms with van der Waals surface area (Å²) in [4.78, 5) is 14.9. The summed E-state index contributed by atoms with van der Waals surface area (Å²) in [6.07, 6.45) is 0. The van der Waals surface area contributed by atoms with Crippen LogP contribution in [-0.2, 0) is 4.79 Å². The number of carbonyl (C=O) groups excluding carboxylic acids is 1. The van der Waals surface area contributed by atoms with Crippen LogP contribution in [0.25, 0.3) is 0 Å². The molecule has 0 radical (unpaired) electrons. The van der Waals surface area contributed by atoms with Gasteiger partial charge in [0.05, 0.1) is 12.6 Å². The second-order valence-electron chi connectivity index (χ2n) is 6.49. The van der Waals surface area contributed by atoms with E-state index in [0.717, 1.165) is 30.8 Å². The fourth-order valence-electron chi connectivity index (χ4n) is 3.20. The van der Waals surface area contributed by atoms with Gasteiger partial charge in [-0.1, -0.05) is 54.1 Å². The summed E-state index contributed by atoms with van der Waals surface area (Å²) < 4.78 is 0. The van der Waals surface area contributed by atoms with Crippen LogP contribution in [0.5, 0.6) is 0 Å². The minimum Gasteiger partial charge on any atom is -0.344 e. The predicted molar refractivity (Wildman–Crippen MR) is 109 cm³/mol. The average molecular weight is 394 g/mol. The molecule has 0 saturated carbocycles. The Labute approximate surface area is 166 Å². The van der Waals surface area contributed by atoms with Gasteiger partial charge in [-0.05, 0) is 30.2 Å². The first-order valence-corrected chi connectivity index (χ1v) is 9.06. The molecule has 1 fully saturated rings. The molecular formula is C20H25Cl2N3O. The van der Waals surface area contributed by atoms with Crippen molar-refractivity contribution in [1.29, 1.82) is 0 Å². The number of piperazine rings is 1. The number of nitrogens with one attached hydrogen (secondary N) is 2. The molecular weight excluding hydrogens is 369 g/mol. The molecule has 1 aliphatic rings. The van der Waals surface area contributed by atoms with Crippen molar-refractivity contribution in [1.82, 2.24) is 15.5 Å². The normalized spacial score (nSPS) is 18.6. The van der Waals surface area contributed by atoms with Crippen LogP contribution in [0.2, 0.25) is 5.02 Å². The molecule has 1 amide bonds. The Morgan fingerprint density at radius 1 is 1.23 bits per heavy atom. The number of amides is 1. The Morgan fingerprint density at radius 2 is 1.96 bits per heavy atom. The zero-order valence-electron chi connectivity index (χ0n) is 14.8. The van der Waals surface area contributed by atoms with Crippen molar-refractivity contribution in [2.24, 2.45) is 0 Å². The third kappa shape index (κ3) is 5.45. The van der Waals surface area contributed by atoms with Gasteiger partial charge in [0.25, 0.3) is 0 Å². The van der Waals surface area contributed by atoms with Crippen LogP contribution in [0.1, 0.15) is 24.1 Å². The highest BCUT2D eigenvalue weighted by molar-refractivity contribution is 6.30. The Kier molecular flexibility index (Phi) is 7.91. The standard InChI is InChI=1S/C20H24ClN3O.ClH/c1-15-13-22-10-11-24(15)14-19(25)23-20(16-6-3-2-4-7-16)17-8-5-9-18(21)12-17;/h2-9,12,15,20,22H,10-11,13-14H2,1H3,(H,23,25);1H/t15-,20?;/m1./s1. The summed E-state index contributed by atoms with van der Waals surface area (Å²) in [6, 6.07) is 17.8. The SMILES string of the molecule is C[C@@H]1CNCCN1CC(=O)NC(c1ccccc1)c1cccc(Cl)c1.Cl. The van der Waals surface area contributed by atoms with Crippen LogP contribution in [-0.4, -0.2) is 43.0 Å². The number of hydrogen-bond donors (Lipinski definition) is 2. The van der Waals surface area contributed by atoms with Gasteiger partial charge in [0.1, 0.15) is 0 Å². The molecule has 2 aromatic rings. The second-order valence-corrected chi connectivity index (χ2v) is 6.93. The number of rotatable bonds is 5. The quantitative estimate of drug-likeness (QED) is 0.818. The molecule has 2 aromatic carbocycles. The topological polar surface area (TPSA) is 44.4 Å². The van der Waals surface area contributed by atoms with E-state index in [1.54, 1.807) is 0 Å². The minimum atomic E-state index is -0.203. The van der Waals surface area contributed by atoms with Gasteiger partial charge in [-0.3, -0.25) is 9.69 Å². The highest BCUT2D eigenvalue weighted by Crippen LogP contribution is 2.24. The van der Waals surface area contributed by atoms with E-state index >= 15 is 0 Å². The van der Waals surface area contributed by atoms with Gasteiger partial charge in [0.15, 0.2) is 0 Å². The van der Waals surface area contributed by atoms with Crippen LogP contribution in [0.3, 0.4) is 0 Å². The number of hydrogen-bond acceptors (Lipinski definition) is 3. The van der Waals surface area contributed by atoms with Gasteiger partial charge in [0.2, 0.25) is 5.91 Å². The minimum absolute atomic E-state index is 0. The van der Waals surface area contributed by atoms with Gasteiger partial charge >= 0.3 is 0 Å². The van der Waals surface area contributed by atoms with E-state index in [1.807, 2.05) is 54.6 Å². The van der Waals surface area contributed by atoms with E-state index in [-0.39, 0.29) is 24.4 Å². The van der Waals surface area contributed by atoms with Gasteiger partial charge in [-0.15, -0.1) is 12.4 Å². The molecule has 2 N–H and O–H groups in total. The van der Waals surface area contributed by atoms with Crippen LogP contribution in [0.15, 0.2) is 54.6 Å². The molecule has 0 aliphatic carbocycles. The maximum atomic E-state index is 12.7. The molecule has 26 heavy (non-hydrogen) atoms. The smallest absolute Gasteiger partial charge is 0.234 e. The molecule has 1 heterocycles. The molecule has 140 valence electrons. The molecule has 0 spiro atoms. The van der Waals surface area contributed by atoms with Gasteiger partial charge in [0, 0.05) is 30.7 Å². The third-order valence-electron chi connectivity index (χ3n) is 4.61. The Morgan fingerprint density at radius 3 is 2.65 bits per heavy atom. The lowest BCUT2D eigenvalue weighted by atomic mass is 9.98. The fourth-order valence-corrected chi connectivity index (χ4v) is 3.40. The van der Waals surface area contributed by atoms with Crippen molar-refractivity contribution in [2.75, 3.05) is 26.2 Å². The monoisotopic (exact) mass is 393 g/mol. The van der Waals surface area contributed by atoms with Crippen LogP contribution in [0, 0.1) is 0 Å². The van der Waals surface area contributed by atoms with Gasteiger partial charge in [-0.2, -0.15) is 0 Å². The van der Waals surface area contributed by atoms with Crippen LogP contribution in [0.4, 0.5) is 0 Å². The highest BCUT2D eigenvalue weighted by atomic mass is 35.5. The lowest BCUT2D eigenvalue weighted by Gasteiger charge is -2.33. The summed E-state index contributed by atoms with van der Waals surface area (Å²) in [5, 5.41) is 7.20. The molecule has 1 saturated heterocycles. The van der Waals surface area contributed by atoms with E-state index in [9.17, 15) is 4.79 Å². The molecule has 1 aliphatic heterocycles. The predicted octanol–water partition coefficient (Wildman–Crippen LogP) is 3.26. The van der Waals surface area contributed by atoms with Gasteiger partial charge < -0.3 is 10.6 Å². The zero-order valence-corrected chi connectivity index (χ0v) is 16.4. The largest absolute Gasteiger partial charge is 0.344 e. The first-order valence-electron chi connectivity index (χ1n) is 8.68. The zero-order chi connectivity index (χ0) is 17.6. The van der Waals surface area contributed by atoms with Crippen molar-refractivity contribution in [3.05, 3.63) is 70.7 Å². The molecule has 2 atom stereocenters. The number of benzene rings is 2. The van der Waals surface area contributed by atoms with E-state index in [4.69, 9.17) is 11.6 Å². The molecule has 1 unspecified atom stereocenters. The Hall–Kier alpha value is -1.59. The van der Waals surface area contributed by atoms with E-state index in [2.05, 4.69) is 22.5 Å². The molecule has 0 aromatic heterocycles. The van der Waals surface area contributed by atoms with Gasteiger partial charge in [-0.25, -0.2) is 0 Å². The van der Waals surface area contributed by atoms with Crippen LogP contribution >= 0.6 is 24.0 Å². The van der Waals surface area contributed by atoms with Crippen molar-refractivity contribution < 1.29 is 4.79 Å². The first kappa shape index (κ1) is 20.7. The summed E-state index contributed by atoms with van der Waals surface area (Å²) in [6.45, 7) is 5.29. The molecule has 4 nitrogen and oxygen atoms in total. The van der Waals surface area contributed by atoms with Crippen LogP contribution < -0.4 is 10.6 Å². The molecule has 0 bridgehead atoms. The number of halogens is 2. The maximum absolute atomic E-state index is 12.7. The fraction of sp³-hybridized carbons (Fsp3) is 0.350. The summed E-state index contributed by atoms with van der Waals surface area (Å²) >= 11 is 6.16. The van der Waals surface area contributed by atoms with E-state index in [1.165, 1.54) is 0 Å². The third-order valence-corrected chi connectivity index (χ3v) is 4.84. The second kappa shape index (κ2) is 9.93. The lowest BCUT2D eigenvalue weighted by Crippen LogP contribution is -2.53. The summed E-state index contributed by atoms with van der Waals surface area (Å²) in [7, 11) is 0. The van der Waals surface area contributed by atoms with Crippen molar-refractivity contribution in [3.63, 3.8) is 0 Å². The van der Waals surface area contributed by atoms with Crippen molar-refractivity contribution in [2.45, 2.75) is 19.0 Å². The average Bonchev–Trinajstić information content (AvgIpc) is 2.62. The molecule has 3 rings (SSSR count). The van der Waals surface area contributed by atoms with Crippen molar-refractivity contribution >= 4 is 29.9 Å². The lowest BCUT2D eigenvalue weighted by molar-refractivity contribution is -0.123. The Balaban J connectivity index is 0.00000243. The number of nitrogens with zero attached hydrogens (tertiary/aromatic N) is 1.